The Balaban J connectivity index is -0.0000000457. The molecule has 0 aromatic heterocycles. The summed E-state index contributed by atoms with van der Waals surface area (Å²) in [5, 5.41) is 0. The largest absolute Gasteiger partial charge is 2.00 e. The first-order chi connectivity index (χ1) is 4.00. The van der Waals surface area contributed by atoms with Gasteiger partial charge in [-0.1, -0.05) is 0 Å². The van der Waals surface area contributed by atoms with E-state index in [0.717, 1.165) is 0 Å². The van der Waals surface area contributed by atoms with Crippen LogP contribution >= 0.6 is 7.82 Å². The van der Waals surface area contributed by atoms with Crippen molar-refractivity contribution < 1.29 is 56.2 Å². The molecule has 0 aliphatic carbocycles. The zero-order chi connectivity index (χ0) is 9.00. The van der Waals surface area contributed by atoms with Crippen molar-refractivity contribution in [3.8, 4) is 0 Å². The van der Waals surface area contributed by atoms with Gasteiger partial charge in [0.1, 0.15) is 0 Å². The molecule has 12 heteroatoms. The zero-order valence-electron chi connectivity index (χ0n) is 5.91. The summed E-state index contributed by atoms with van der Waals surface area (Å²) in [4.78, 5) is 22.9. The normalized spacial score (nSPS) is 9.75. The summed E-state index contributed by atoms with van der Waals surface area (Å²) in [5.41, 5.74) is 0. The molecule has 0 aliphatic rings. The Morgan fingerprint density at radius 3 is 1.17 bits per heavy atom. The maximum Gasteiger partial charge on any atom is 2.00 e. The van der Waals surface area contributed by atoms with Crippen LogP contribution in [0.25, 0.3) is 0 Å². The van der Waals surface area contributed by atoms with Gasteiger partial charge in [0.05, 0.1) is 0 Å². The van der Waals surface area contributed by atoms with Crippen molar-refractivity contribution in [2.24, 2.45) is 0 Å². The summed E-state index contributed by atoms with van der Waals surface area (Å²) in [6, 6.07) is 0. The molecule has 0 aromatic carbocycles. The van der Waals surface area contributed by atoms with Gasteiger partial charge >= 0.3 is 19.5 Å². The summed E-state index contributed by atoms with van der Waals surface area (Å²) in [5.74, 6) is 0. The summed E-state index contributed by atoms with van der Waals surface area (Å²) >= 11 is 0. The summed E-state index contributed by atoms with van der Waals surface area (Å²) in [7, 11) is -10.1. The molecule has 0 aromatic rings. The van der Waals surface area contributed by atoms with Gasteiger partial charge in [0.25, 0.3) is 7.82 Å². The first kappa shape index (κ1) is 22.9. The van der Waals surface area contributed by atoms with Crippen LogP contribution in [0.4, 0.5) is 0 Å². The van der Waals surface area contributed by atoms with Gasteiger partial charge in [-0.05, 0) is 0 Å². The van der Waals surface area contributed by atoms with E-state index in [4.69, 9.17) is 36.8 Å². The molecule has 0 saturated carbocycles. The average molecular weight is 276 g/mol. The van der Waals surface area contributed by atoms with Gasteiger partial charge in [-0.2, -0.15) is 0 Å². The Kier molecular flexibility index (Phi) is 15.6. The SMILES string of the molecule is O=P([O-])(O)O.O=S(=O)([O-])[O-].[NH4+].[Zn+2]. The summed E-state index contributed by atoms with van der Waals surface area (Å²) < 4.78 is 42.9. The van der Waals surface area contributed by atoms with E-state index in [0.29, 0.717) is 0 Å². The number of rotatable bonds is 0. The minimum Gasteiger partial charge on any atom is -0.759 e. The molecular weight excluding hydrogens is 270 g/mol. The third-order valence-corrected chi connectivity index (χ3v) is 0. The Morgan fingerprint density at radius 2 is 1.17 bits per heavy atom. The van der Waals surface area contributed by atoms with Crippen LogP contribution in [0.1, 0.15) is 0 Å². The monoisotopic (exact) mass is 275 g/mol. The van der Waals surface area contributed by atoms with Crippen molar-refractivity contribution in [1.82, 2.24) is 6.15 Å². The second kappa shape index (κ2) is 8.17. The van der Waals surface area contributed by atoms with E-state index in [2.05, 4.69) is 0 Å². The number of quaternary nitrogens is 1. The fourth-order valence-electron chi connectivity index (χ4n) is 0. The Bertz CT molecular complexity index is 197. The van der Waals surface area contributed by atoms with E-state index in [1.165, 1.54) is 0 Å². The van der Waals surface area contributed by atoms with Crippen LogP contribution in [0.5, 0.6) is 0 Å². The Hall–Kier alpha value is 0.563. The van der Waals surface area contributed by atoms with Gasteiger partial charge in [0, 0.05) is 10.4 Å². The molecule has 12 heavy (non-hydrogen) atoms. The molecule has 0 amide bonds. The minimum atomic E-state index is -5.17. The molecule has 6 N–H and O–H groups in total. The van der Waals surface area contributed by atoms with Crippen LogP contribution in [0.2, 0.25) is 0 Å². The predicted octanol–water partition coefficient (Wildman–Crippen LogP) is -2.52. The summed E-state index contributed by atoms with van der Waals surface area (Å²) in [6.07, 6.45) is 0. The van der Waals surface area contributed by atoms with E-state index in [9.17, 15) is 0 Å². The average Bonchev–Trinajstić information content (AvgIpc) is 1.12. The number of hydrogen-bond acceptors (Lipinski definition) is 6. The maximum absolute atomic E-state index is 8.77. The molecule has 72 valence electrons. The second-order valence-corrected chi connectivity index (χ2v) is 2.70. The van der Waals surface area contributed by atoms with Crippen molar-refractivity contribution in [3.05, 3.63) is 0 Å². The van der Waals surface area contributed by atoms with Gasteiger partial charge in [-0.25, -0.2) is 0 Å². The van der Waals surface area contributed by atoms with Crippen molar-refractivity contribution in [2.75, 3.05) is 0 Å². The van der Waals surface area contributed by atoms with Crippen molar-refractivity contribution in [1.29, 1.82) is 0 Å². The first-order valence-electron chi connectivity index (χ1n) is 1.43. The molecule has 0 heterocycles. The van der Waals surface area contributed by atoms with Crippen LogP contribution in [0.15, 0.2) is 0 Å². The Labute approximate surface area is 81.0 Å². The van der Waals surface area contributed by atoms with Gasteiger partial charge in [0.2, 0.25) is 0 Å². The quantitative estimate of drug-likeness (QED) is 0.186. The molecule has 0 radical (unpaired) electrons. The van der Waals surface area contributed by atoms with E-state index in [1.807, 2.05) is 0 Å². The zero-order valence-corrected chi connectivity index (χ0v) is 10.6. The van der Waals surface area contributed by atoms with Crippen LogP contribution < -0.4 is 11.0 Å². The van der Waals surface area contributed by atoms with Crippen LogP contribution in [-0.2, 0) is 34.4 Å². The summed E-state index contributed by atoms with van der Waals surface area (Å²) in [6.45, 7) is 0. The maximum atomic E-state index is 8.77. The van der Waals surface area contributed by atoms with Crippen molar-refractivity contribution in [3.63, 3.8) is 0 Å². The topological polar surface area (TPSA) is 197 Å². The second-order valence-electron chi connectivity index (χ2n) is 0.899. The van der Waals surface area contributed by atoms with Crippen molar-refractivity contribution in [2.45, 2.75) is 0 Å². The van der Waals surface area contributed by atoms with Crippen molar-refractivity contribution >= 4 is 18.2 Å². The molecule has 9 nitrogen and oxygen atoms in total. The van der Waals surface area contributed by atoms with E-state index >= 15 is 0 Å². The Morgan fingerprint density at radius 1 is 1.17 bits per heavy atom. The number of hydrogen-bond donors (Lipinski definition) is 3. The molecule has 0 spiro atoms. The molecule has 0 unspecified atom stereocenters. The molecule has 0 rings (SSSR count). The number of phosphoric acid groups is 1. The van der Waals surface area contributed by atoms with Crippen LogP contribution in [0, 0.1) is 0 Å². The van der Waals surface area contributed by atoms with Crippen LogP contribution in [0.3, 0.4) is 0 Å². The molecular formula is H6NO8PSZn. The molecule has 0 bridgehead atoms. The van der Waals surface area contributed by atoms with Gasteiger partial charge in [-0.15, -0.1) is 0 Å². The molecule has 0 aliphatic heterocycles. The minimum absolute atomic E-state index is 0. The standard InChI is InChI=1S/H3N.H3O4P.H2O4S.Zn/c;2*1-5(2,3)4;/h1H3;(H3,1,2,3,4);(H2,1,2,3,4);/q;;;+2/p-2. The smallest absolute Gasteiger partial charge is 0.759 e. The fraction of sp³-hybridized carbons (Fsp3) is 0. The van der Waals surface area contributed by atoms with E-state index in [-0.39, 0.29) is 25.6 Å². The van der Waals surface area contributed by atoms with E-state index < -0.39 is 18.2 Å². The first-order valence-corrected chi connectivity index (χ1v) is 4.30. The van der Waals surface area contributed by atoms with Gasteiger partial charge < -0.3 is 29.9 Å². The van der Waals surface area contributed by atoms with Crippen LogP contribution in [-0.4, -0.2) is 27.3 Å². The molecule has 0 fully saturated rings. The fourth-order valence-corrected chi connectivity index (χ4v) is 0. The predicted molar refractivity (Wildman–Crippen MR) is 28.5 cm³/mol. The molecule has 0 saturated heterocycles. The van der Waals surface area contributed by atoms with Gasteiger partial charge in [0.15, 0.2) is 0 Å². The van der Waals surface area contributed by atoms with Gasteiger partial charge in [-0.3, -0.25) is 13.0 Å². The third kappa shape index (κ3) is 3040. The third-order valence-electron chi connectivity index (χ3n) is 0. The molecule has 0 atom stereocenters. The van der Waals surface area contributed by atoms with E-state index in [1.54, 1.807) is 0 Å².